The molecule has 2 saturated carbocycles. The molecule has 0 aromatic heterocycles. The first-order valence-electron chi connectivity index (χ1n) is 22.3. The van der Waals surface area contributed by atoms with Crippen LogP contribution < -0.4 is 0 Å². The van der Waals surface area contributed by atoms with Gasteiger partial charge in [-0.2, -0.15) is 0 Å². The molecule has 8 nitrogen and oxygen atoms in total. The van der Waals surface area contributed by atoms with Crippen LogP contribution in [0.3, 0.4) is 0 Å². The van der Waals surface area contributed by atoms with Crippen LogP contribution in [0.5, 0.6) is 11.5 Å². The van der Waals surface area contributed by atoms with Gasteiger partial charge in [-0.15, -0.1) is 0 Å². The minimum atomic E-state index is -1.68. The van der Waals surface area contributed by atoms with E-state index in [0.717, 1.165) is 50.5 Å². The summed E-state index contributed by atoms with van der Waals surface area (Å²) in [6, 6.07) is 4.28. The minimum absolute atomic E-state index is 0.0147. The number of aliphatic hydroxyl groups excluding tert-OH is 1. The van der Waals surface area contributed by atoms with Crippen LogP contribution in [0.1, 0.15) is 158 Å². The first kappa shape index (κ1) is 46.6. The van der Waals surface area contributed by atoms with Crippen molar-refractivity contribution in [3.8, 4) is 11.5 Å². The number of ketones is 2. The Kier molecular flexibility index (Phi) is 14.1. The van der Waals surface area contributed by atoms with Gasteiger partial charge >= 0.3 is 5.97 Å². The number of hydrogen-bond donors (Lipinski definition) is 4. The fourth-order valence-corrected chi connectivity index (χ4v) is 11.9. The predicted octanol–water partition coefficient (Wildman–Crippen LogP) is 10.6. The van der Waals surface area contributed by atoms with Crippen LogP contribution in [0.4, 0.5) is 0 Å². The second-order valence-corrected chi connectivity index (χ2v) is 20.7. The van der Waals surface area contributed by atoms with Gasteiger partial charge in [0.1, 0.15) is 29.5 Å². The fraction of sp³-hybridized carbons (Fsp3) is 0.667. The Morgan fingerprint density at radius 1 is 0.949 bits per heavy atom. The number of aromatic hydroxyl groups is 2. The number of carbonyl (C=O) groups excluding carboxylic acids is 3. The molecule has 2 fully saturated rings. The number of aliphatic hydroxyl groups is 2. The van der Waals surface area contributed by atoms with E-state index in [9.17, 15) is 34.8 Å². The summed E-state index contributed by atoms with van der Waals surface area (Å²) in [4.78, 5) is 40.8. The zero-order valence-corrected chi connectivity index (χ0v) is 37.8. The van der Waals surface area contributed by atoms with Gasteiger partial charge in [-0.3, -0.25) is 9.59 Å². The molecule has 0 amide bonds. The lowest BCUT2D eigenvalue weighted by Crippen LogP contribution is -2.56. The molecular weight excluding hydrogens is 741 g/mol. The molecule has 8 heteroatoms. The Hall–Kier alpha value is -3.49. The molecule has 5 rings (SSSR count). The van der Waals surface area contributed by atoms with Gasteiger partial charge in [0, 0.05) is 40.4 Å². The standard InChI is InChI=1S/C51H74O8/c1-32(2)13-11-14-33(3)15-12-16-35(18-19-36-29-37(52)20-21-40(36)53)46(57)59-31-51(10,58)44(56)22-17-34(4)38-23-28-50(9)45-39(24-27-49(38,50)8)48(7)26-25-43(55)47(5,6)42(48)30-41(45)54/h13,15,18,20-21,29,34,38,42,44,52-53,56,58H,11-12,14,16-17,19,22-28,30-31H2,1-10H3/b33-15?,35-18-/t34-,38-,42+,44+,48-,49-,50+,51-/m1/s1. The van der Waals surface area contributed by atoms with Gasteiger partial charge in [0.05, 0.1) is 6.10 Å². The maximum absolute atomic E-state index is 14.2. The van der Waals surface area contributed by atoms with Crippen molar-refractivity contribution in [1.82, 2.24) is 0 Å². The third-order valence-electron chi connectivity index (χ3n) is 16.1. The highest BCUT2D eigenvalue weighted by molar-refractivity contribution is 6.00. The van der Waals surface area contributed by atoms with Gasteiger partial charge in [-0.05, 0) is 152 Å². The highest BCUT2D eigenvalue weighted by atomic mass is 16.5. The molecule has 0 spiro atoms. The molecule has 59 heavy (non-hydrogen) atoms. The van der Waals surface area contributed by atoms with Gasteiger partial charge in [-0.1, -0.05) is 76.5 Å². The number of esters is 1. The first-order chi connectivity index (χ1) is 27.5. The smallest absolute Gasteiger partial charge is 0.333 e. The maximum Gasteiger partial charge on any atom is 0.333 e. The number of allylic oxidation sites excluding steroid dienone is 7. The third kappa shape index (κ3) is 9.39. The van der Waals surface area contributed by atoms with E-state index in [2.05, 4.69) is 60.6 Å². The molecule has 0 heterocycles. The van der Waals surface area contributed by atoms with E-state index >= 15 is 0 Å². The Labute approximate surface area is 354 Å². The molecule has 0 saturated heterocycles. The normalized spacial score (nSPS) is 30.2. The summed E-state index contributed by atoms with van der Waals surface area (Å²) in [5, 5.41) is 43.1. The Balaban J connectivity index is 1.22. The van der Waals surface area contributed by atoms with Crippen LogP contribution >= 0.6 is 0 Å². The lowest BCUT2D eigenvalue weighted by Gasteiger charge is -2.60. The van der Waals surface area contributed by atoms with Crippen LogP contribution in [-0.2, 0) is 25.5 Å². The molecule has 0 unspecified atom stereocenters. The number of Topliss-reactive ketones (excluding diaryl/α,β-unsaturated/α-hetero) is 2. The van der Waals surface area contributed by atoms with Crippen molar-refractivity contribution in [2.75, 3.05) is 6.61 Å². The van der Waals surface area contributed by atoms with Crippen molar-refractivity contribution in [3.05, 3.63) is 69.9 Å². The zero-order chi connectivity index (χ0) is 43.7. The van der Waals surface area contributed by atoms with E-state index in [1.165, 1.54) is 41.8 Å². The van der Waals surface area contributed by atoms with Crippen LogP contribution in [0.25, 0.3) is 0 Å². The highest BCUT2D eigenvalue weighted by Gasteiger charge is 2.65. The van der Waals surface area contributed by atoms with E-state index in [0.29, 0.717) is 55.6 Å². The van der Waals surface area contributed by atoms with E-state index < -0.39 is 23.1 Å². The zero-order valence-electron chi connectivity index (χ0n) is 37.8. The third-order valence-corrected chi connectivity index (χ3v) is 16.1. The van der Waals surface area contributed by atoms with Gasteiger partial charge < -0.3 is 25.2 Å². The van der Waals surface area contributed by atoms with E-state index in [1.807, 2.05) is 13.8 Å². The molecule has 0 radical (unpaired) electrons. The number of carbonyl (C=O) groups is 3. The average Bonchev–Trinajstić information content (AvgIpc) is 3.45. The summed E-state index contributed by atoms with van der Waals surface area (Å²) in [7, 11) is 0. The number of ether oxygens (including phenoxy) is 1. The van der Waals surface area contributed by atoms with E-state index in [-0.39, 0.29) is 64.2 Å². The molecule has 4 N–H and O–H groups in total. The summed E-state index contributed by atoms with van der Waals surface area (Å²) in [6.45, 7) is 20.7. The number of rotatable bonds is 16. The second-order valence-electron chi connectivity index (χ2n) is 20.7. The minimum Gasteiger partial charge on any atom is -0.508 e. The first-order valence-corrected chi connectivity index (χ1v) is 22.3. The molecule has 0 aliphatic heterocycles. The largest absolute Gasteiger partial charge is 0.508 e. The molecule has 1 aromatic carbocycles. The van der Waals surface area contributed by atoms with Crippen molar-refractivity contribution in [3.63, 3.8) is 0 Å². The molecular formula is C51H74O8. The number of fused-ring (bicyclic) bond motifs is 4. The van der Waals surface area contributed by atoms with Crippen molar-refractivity contribution in [1.29, 1.82) is 0 Å². The van der Waals surface area contributed by atoms with Crippen LogP contribution in [0, 0.1) is 39.4 Å². The van der Waals surface area contributed by atoms with Crippen molar-refractivity contribution < 1.29 is 39.5 Å². The number of benzene rings is 1. The molecule has 0 bridgehead atoms. The summed E-state index contributed by atoms with van der Waals surface area (Å²) >= 11 is 0. The predicted molar refractivity (Wildman–Crippen MR) is 234 cm³/mol. The van der Waals surface area contributed by atoms with Crippen LogP contribution in [0.2, 0.25) is 0 Å². The van der Waals surface area contributed by atoms with Gasteiger partial charge in [-0.25, -0.2) is 4.79 Å². The quantitative estimate of drug-likeness (QED) is 0.0559. The lowest BCUT2D eigenvalue weighted by molar-refractivity contribution is -0.155. The number of phenolic OH excluding ortho intramolecular Hbond substituents is 2. The van der Waals surface area contributed by atoms with Gasteiger partial charge in [0.2, 0.25) is 0 Å². The monoisotopic (exact) mass is 815 g/mol. The summed E-state index contributed by atoms with van der Waals surface area (Å²) in [5.41, 5.74) is 3.09. The topological polar surface area (TPSA) is 141 Å². The van der Waals surface area contributed by atoms with E-state index in [1.54, 1.807) is 6.08 Å². The average molecular weight is 815 g/mol. The SMILES string of the molecule is CC(C)=CCCC(C)=CCC/C(=C/Cc1cc(O)ccc1O)C(=O)OC[C@@](C)(O)[C@@H](O)CC[C@@H](C)[C@H]1CC[C@@]2(C)C3=C(CC[C@]12C)[C@@]1(C)CCC(=O)C(C)(C)[C@@H]1CC3=O. The Morgan fingerprint density at radius 3 is 2.34 bits per heavy atom. The Bertz CT molecular complexity index is 1890. The van der Waals surface area contributed by atoms with Gasteiger partial charge in [0.15, 0.2) is 5.78 Å². The Morgan fingerprint density at radius 2 is 1.64 bits per heavy atom. The summed E-state index contributed by atoms with van der Waals surface area (Å²) in [6.07, 6.45) is 14.6. The lowest BCUT2D eigenvalue weighted by atomic mass is 9.43. The highest BCUT2D eigenvalue weighted by Crippen LogP contribution is 2.71. The van der Waals surface area contributed by atoms with Crippen molar-refractivity contribution in [2.45, 2.75) is 171 Å². The van der Waals surface area contributed by atoms with Gasteiger partial charge in [0.25, 0.3) is 0 Å². The molecule has 326 valence electrons. The van der Waals surface area contributed by atoms with Crippen molar-refractivity contribution in [2.24, 2.45) is 39.4 Å². The van der Waals surface area contributed by atoms with Crippen LogP contribution in [-0.4, -0.2) is 56.3 Å². The number of hydrogen-bond acceptors (Lipinski definition) is 8. The number of phenols is 2. The summed E-state index contributed by atoms with van der Waals surface area (Å²) < 4.78 is 5.70. The fourth-order valence-electron chi connectivity index (χ4n) is 11.9. The maximum atomic E-state index is 14.2. The molecule has 1 aromatic rings. The molecule has 4 aliphatic carbocycles. The summed E-state index contributed by atoms with van der Waals surface area (Å²) in [5.74, 6) is 0.562. The molecule has 4 aliphatic rings. The van der Waals surface area contributed by atoms with E-state index in [4.69, 9.17) is 4.74 Å². The molecule has 8 atom stereocenters. The van der Waals surface area contributed by atoms with Crippen molar-refractivity contribution >= 4 is 17.5 Å². The van der Waals surface area contributed by atoms with Crippen LogP contribution in [0.15, 0.2) is 64.3 Å². The second kappa shape index (κ2) is 17.8.